The van der Waals surface area contributed by atoms with E-state index in [2.05, 4.69) is 10.3 Å². The second-order valence-corrected chi connectivity index (χ2v) is 5.63. The Hall–Kier alpha value is -1.91. The van der Waals surface area contributed by atoms with E-state index in [1.54, 1.807) is 18.5 Å². The average molecular weight is 262 g/mol. The molecule has 0 saturated heterocycles. The monoisotopic (exact) mass is 262 g/mol. The summed E-state index contributed by atoms with van der Waals surface area (Å²) in [6.45, 7) is 5.48. The van der Waals surface area contributed by atoms with Gasteiger partial charge >= 0.3 is 5.97 Å². The van der Waals surface area contributed by atoms with Crippen LogP contribution in [0.4, 0.5) is 0 Å². The van der Waals surface area contributed by atoms with Gasteiger partial charge in [0.05, 0.1) is 17.9 Å². The molecule has 0 bridgehead atoms. The maximum atomic E-state index is 12.1. The molecule has 0 aromatic carbocycles. The number of aromatic nitrogens is 1. The summed E-state index contributed by atoms with van der Waals surface area (Å²) in [7, 11) is 0. The van der Waals surface area contributed by atoms with Crippen LogP contribution in [-0.2, 0) is 9.59 Å². The van der Waals surface area contributed by atoms with Gasteiger partial charge in [0, 0.05) is 12.4 Å². The number of hydrogen-bond donors (Lipinski definition) is 2. The lowest BCUT2D eigenvalue weighted by Gasteiger charge is -2.14. The van der Waals surface area contributed by atoms with E-state index >= 15 is 0 Å². The Morgan fingerprint density at radius 3 is 2.58 bits per heavy atom. The predicted octanol–water partition coefficient (Wildman–Crippen LogP) is 1.62. The molecule has 1 fully saturated rings. The van der Waals surface area contributed by atoms with E-state index in [-0.39, 0.29) is 11.9 Å². The molecule has 1 aromatic rings. The first kappa shape index (κ1) is 13.5. The molecule has 5 nitrogen and oxygen atoms in total. The van der Waals surface area contributed by atoms with Gasteiger partial charge in [-0.2, -0.15) is 0 Å². The van der Waals surface area contributed by atoms with E-state index in [0.29, 0.717) is 0 Å². The molecule has 1 aromatic heterocycles. The Morgan fingerprint density at radius 1 is 1.42 bits per heavy atom. The van der Waals surface area contributed by atoms with Crippen molar-refractivity contribution in [1.82, 2.24) is 10.3 Å². The first-order chi connectivity index (χ1) is 8.85. The van der Waals surface area contributed by atoms with Crippen LogP contribution in [0.5, 0.6) is 0 Å². The molecule has 2 rings (SSSR count). The van der Waals surface area contributed by atoms with Crippen LogP contribution in [0.25, 0.3) is 0 Å². The number of carbonyl (C=O) groups is 2. The lowest BCUT2D eigenvalue weighted by atomic mass is 10.1. The van der Waals surface area contributed by atoms with Crippen LogP contribution in [0.3, 0.4) is 0 Å². The number of nitrogens with one attached hydrogen (secondary N) is 1. The number of aliphatic carboxylic acids is 1. The third-order valence-electron chi connectivity index (χ3n) is 3.92. The van der Waals surface area contributed by atoms with Crippen LogP contribution in [0.15, 0.2) is 24.5 Å². The van der Waals surface area contributed by atoms with Gasteiger partial charge in [0.25, 0.3) is 0 Å². The zero-order valence-electron chi connectivity index (χ0n) is 11.3. The Balaban J connectivity index is 2.02. The van der Waals surface area contributed by atoms with Gasteiger partial charge in [-0.25, -0.2) is 0 Å². The molecule has 102 valence electrons. The highest BCUT2D eigenvalue weighted by atomic mass is 16.4. The van der Waals surface area contributed by atoms with Gasteiger partial charge in [0.2, 0.25) is 5.91 Å². The molecule has 0 spiro atoms. The molecule has 1 aliphatic rings. The lowest BCUT2D eigenvalue weighted by molar-refractivity contribution is -0.140. The lowest BCUT2D eigenvalue weighted by Crippen LogP contribution is -2.30. The molecule has 19 heavy (non-hydrogen) atoms. The molecule has 1 saturated carbocycles. The standard InChI is InChI=1S/C14H18N2O3/c1-8(9-5-4-6-15-7-9)16-12(17)10-11(13(18)19)14(10,2)3/h4-8,10-11H,1-3H3,(H,16,17)(H,18,19)/t8?,10-,11+/m1/s1. The van der Waals surface area contributed by atoms with Crippen molar-refractivity contribution in [2.45, 2.75) is 26.8 Å². The van der Waals surface area contributed by atoms with Gasteiger partial charge in [-0.3, -0.25) is 14.6 Å². The van der Waals surface area contributed by atoms with Crippen LogP contribution in [-0.4, -0.2) is 22.0 Å². The van der Waals surface area contributed by atoms with Crippen molar-refractivity contribution >= 4 is 11.9 Å². The molecule has 5 heteroatoms. The van der Waals surface area contributed by atoms with Crippen molar-refractivity contribution in [3.05, 3.63) is 30.1 Å². The molecule has 0 aliphatic heterocycles. The summed E-state index contributed by atoms with van der Waals surface area (Å²) in [5.74, 6) is -2.15. The Morgan fingerprint density at radius 2 is 2.11 bits per heavy atom. The summed E-state index contributed by atoms with van der Waals surface area (Å²) < 4.78 is 0. The molecule has 1 heterocycles. The number of rotatable bonds is 4. The fraction of sp³-hybridized carbons (Fsp3) is 0.500. The van der Waals surface area contributed by atoms with Gasteiger partial charge in [-0.1, -0.05) is 19.9 Å². The highest BCUT2D eigenvalue weighted by Crippen LogP contribution is 2.58. The SMILES string of the molecule is CC(NC(=O)[C@H]1[C@@H](C(=O)O)C1(C)C)c1cccnc1. The number of carboxylic acid groups (broad SMARTS) is 1. The van der Waals surface area contributed by atoms with E-state index in [1.807, 2.05) is 26.8 Å². The van der Waals surface area contributed by atoms with Crippen molar-refractivity contribution in [3.63, 3.8) is 0 Å². The Bertz CT molecular complexity index is 499. The maximum absolute atomic E-state index is 12.1. The van der Waals surface area contributed by atoms with Crippen molar-refractivity contribution in [2.24, 2.45) is 17.3 Å². The third kappa shape index (κ3) is 2.45. The molecule has 0 radical (unpaired) electrons. The van der Waals surface area contributed by atoms with Crippen molar-refractivity contribution in [1.29, 1.82) is 0 Å². The van der Waals surface area contributed by atoms with Crippen molar-refractivity contribution in [2.75, 3.05) is 0 Å². The van der Waals surface area contributed by atoms with Crippen LogP contribution in [0, 0.1) is 17.3 Å². The summed E-state index contributed by atoms with van der Waals surface area (Å²) in [6, 6.07) is 3.51. The average Bonchev–Trinajstić information content (AvgIpc) is 2.93. The van der Waals surface area contributed by atoms with Gasteiger partial charge < -0.3 is 10.4 Å². The van der Waals surface area contributed by atoms with Crippen LogP contribution < -0.4 is 5.32 Å². The summed E-state index contributed by atoms with van der Waals surface area (Å²) in [4.78, 5) is 27.2. The number of nitrogens with zero attached hydrogens (tertiary/aromatic N) is 1. The number of carbonyl (C=O) groups excluding carboxylic acids is 1. The zero-order valence-corrected chi connectivity index (χ0v) is 11.3. The minimum atomic E-state index is -0.904. The predicted molar refractivity (Wildman–Crippen MR) is 69.2 cm³/mol. The first-order valence-electron chi connectivity index (χ1n) is 6.29. The smallest absolute Gasteiger partial charge is 0.307 e. The number of amides is 1. The molecular weight excluding hydrogens is 244 g/mol. The van der Waals surface area contributed by atoms with Crippen molar-refractivity contribution in [3.8, 4) is 0 Å². The van der Waals surface area contributed by atoms with Crippen molar-refractivity contribution < 1.29 is 14.7 Å². The quantitative estimate of drug-likeness (QED) is 0.864. The van der Waals surface area contributed by atoms with E-state index in [1.165, 1.54) is 0 Å². The summed E-state index contributed by atoms with van der Waals surface area (Å²) in [5.41, 5.74) is 0.436. The number of carboxylic acids is 1. The first-order valence-corrected chi connectivity index (χ1v) is 6.29. The maximum Gasteiger partial charge on any atom is 0.307 e. The highest BCUT2D eigenvalue weighted by molar-refractivity contribution is 5.91. The second-order valence-electron chi connectivity index (χ2n) is 5.63. The minimum absolute atomic E-state index is 0.174. The molecular formula is C14H18N2O3. The molecule has 2 N–H and O–H groups in total. The van der Waals surface area contributed by atoms with Crippen LogP contribution in [0.2, 0.25) is 0 Å². The highest BCUT2D eigenvalue weighted by Gasteiger charge is 2.65. The topological polar surface area (TPSA) is 79.3 Å². The van der Waals surface area contributed by atoms with Crippen LogP contribution >= 0.6 is 0 Å². The number of hydrogen-bond acceptors (Lipinski definition) is 3. The van der Waals surface area contributed by atoms with Gasteiger partial charge in [0.1, 0.15) is 0 Å². The third-order valence-corrected chi connectivity index (χ3v) is 3.92. The number of pyridine rings is 1. The fourth-order valence-electron chi connectivity index (χ4n) is 2.61. The molecule has 3 atom stereocenters. The van der Waals surface area contributed by atoms with E-state index in [9.17, 15) is 9.59 Å². The van der Waals surface area contributed by atoms with E-state index in [4.69, 9.17) is 5.11 Å². The van der Waals surface area contributed by atoms with Gasteiger partial charge in [-0.15, -0.1) is 0 Å². The minimum Gasteiger partial charge on any atom is -0.481 e. The Labute approximate surface area is 112 Å². The second kappa shape index (κ2) is 4.64. The van der Waals surface area contributed by atoms with Crippen LogP contribution in [0.1, 0.15) is 32.4 Å². The summed E-state index contributed by atoms with van der Waals surface area (Å²) in [6.07, 6.45) is 3.36. The van der Waals surface area contributed by atoms with Gasteiger partial charge in [-0.05, 0) is 24.0 Å². The van der Waals surface area contributed by atoms with E-state index < -0.39 is 23.2 Å². The normalized spacial score (nSPS) is 25.4. The molecule has 1 unspecified atom stereocenters. The Kier molecular flexibility index (Phi) is 3.30. The largest absolute Gasteiger partial charge is 0.481 e. The molecule has 1 amide bonds. The fourth-order valence-corrected chi connectivity index (χ4v) is 2.61. The van der Waals surface area contributed by atoms with E-state index in [0.717, 1.165) is 5.56 Å². The summed E-state index contributed by atoms with van der Waals surface area (Å²) >= 11 is 0. The molecule has 1 aliphatic carbocycles. The summed E-state index contributed by atoms with van der Waals surface area (Å²) in [5, 5.41) is 11.9. The van der Waals surface area contributed by atoms with Gasteiger partial charge in [0.15, 0.2) is 0 Å². The zero-order chi connectivity index (χ0) is 14.2.